The van der Waals surface area contributed by atoms with E-state index < -0.39 is 26.9 Å². The van der Waals surface area contributed by atoms with E-state index in [0.29, 0.717) is 17.5 Å². The van der Waals surface area contributed by atoms with Gasteiger partial charge in [0.15, 0.2) is 9.84 Å². The number of amides is 2. The molecule has 1 aromatic heterocycles. The molecule has 0 unspecified atom stereocenters. The summed E-state index contributed by atoms with van der Waals surface area (Å²) in [5.41, 5.74) is 0. The van der Waals surface area contributed by atoms with Crippen molar-refractivity contribution in [2.75, 3.05) is 13.1 Å². The van der Waals surface area contributed by atoms with Crippen LogP contribution in [0.5, 0.6) is 0 Å². The third-order valence-corrected chi connectivity index (χ3v) is 6.37. The van der Waals surface area contributed by atoms with Crippen LogP contribution in [0, 0.1) is 5.92 Å². The Hall–Kier alpha value is -2.32. The van der Waals surface area contributed by atoms with Gasteiger partial charge in [0.1, 0.15) is 11.0 Å². The number of nitrogens with one attached hydrogen (secondary N) is 2. The molecule has 1 aromatic carbocycles. The van der Waals surface area contributed by atoms with Gasteiger partial charge >= 0.3 is 11.8 Å². The second-order valence-corrected chi connectivity index (χ2v) is 9.22. The fourth-order valence-electron chi connectivity index (χ4n) is 2.45. The molecule has 0 bridgehead atoms. The highest BCUT2D eigenvalue weighted by Gasteiger charge is 2.32. The highest BCUT2D eigenvalue weighted by molar-refractivity contribution is 7.91. The van der Waals surface area contributed by atoms with Crippen molar-refractivity contribution in [2.24, 2.45) is 5.92 Å². The maximum Gasteiger partial charge on any atom is 0.309 e. The minimum Gasteiger partial charge on any atom is -0.468 e. The first-order chi connectivity index (χ1) is 13.2. The van der Waals surface area contributed by atoms with Gasteiger partial charge in [-0.05, 0) is 48.7 Å². The number of hydrogen-bond acceptors (Lipinski definition) is 5. The van der Waals surface area contributed by atoms with Crippen molar-refractivity contribution in [3.05, 3.63) is 53.4 Å². The Morgan fingerprint density at radius 1 is 1.07 bits per heavy atom. The van der Waals surface area contributed by atoms with Crippen molar-refractivity contribution in [1.82, 2.24) is 10.6 Å². The lowest BCUT2D eigenvalue weighted by Crippen LogP contribution is -2.42. The highest BCUT2D eigenvalue weighted by atomic mass is 35.5. The number of rotatable bonds is 8. The summed E-state index contributed by atoms with van der Waals surface area (Å²) in [5.74, 6) is -1.15. The van der Waals surface area contributed by atoms with Gasteiger partial charge < -0.3 is 15.1 Å². The van der Waals surface area contributed by atoms with Gasteiger partial charge in [0.05, 0.1) is 11.2 Å². The fourth-order valence-corrected chi connectivity index (χ4v) is 4.16. The second kappa shape index (κ2) is 9.75. The maximum atomic E-state index is 13.0. The Bertz CT molecular complexity index is 893. The molecule has 7 nitrogen and oxygen atoms in total. The summed E-state index contributed by atoms with van der Waals surface area (Å²) < 4.78 is 31.3. The third kappa shape index (κ3) is 5.84. The van der Waals surface area contributed by atoms with Crippen LogP contribution in [-0.2, 0) is 19.4 Å². The summed E-state index contributed by atoms with van der Waals surface area (Å²) in [4.78, 5) is 23.9. The van der Waals surface area contributed by atoms with E-state index in [0.717, 1.165) is 6.42 Å². The molecule has 2 aromatic rings. The minimum absolute atomic E-state index is 0.0360. The zero-order valence-corrected chi connectivity index (χ0v) is 17.2. The molecule has 1 heterocycles. The molecule has 0 fully saturated rings. The van der Waals surface area contributed by atoms with E-state index in [4.69, 9.17) is 16.0 Å². The van der Waals surface area contributed by atoms with Crippen LogP contribution in [0.25, 0.3) is 0 Å². The molecule has 152 valence electrons. The van der Waals surface area contributed by atoms with E-state index in [1.165, 1.54) is 36.6 Å². The summed E-state index contributed by atoms with van der Waals surface area (Å²) in [5, 5.41) is 4.11. The van der Waals surface area contributed by atoms with Crippen LogP contribution < -0.4 is 10.6 Å². The number of carbonyl (C=O) groups excluding carboxylic acids is 2. The summed E-state index contributed by atoms with van der Waals surface area (Å²) >= 11 is 5.82. The number of halogens is 1. The van der Waals surface area contributed by atoms with Crippen molar-refractivity contribution in [3.63, 3.8) is 0 Å². The van der Waals surface area contributed by atoms with Crippen molar-refractivity contribution >= 4 is 33.3 Å². The summed E-state index contributed by atoms with van der Waals surface area (Å²) in [6, 6.07) is 8.76. The quantitative estimate of drug-likeness (QED) is 0.631. The molecule has 0 aliphatic carbocycles. The largest absolute Gasteiger partial charge is 0.468 e. The fraction of sp³-hybridized carbons (Fsp3) is 0.368. The minimum atomic E-state index is -3.89. The van der Waals surface area contributed by atoms with E-state index >= 15 is 0 Å². The normalized spacial score (nSPS) is 12.6. The first-order valence-electron chi connectivity index (χ1n) is 8.80. The molecule has 0 aliphatic heterocycles. The molecular weight excluding hydrogens is 404 g/mol. The monoisotopic (exact) mass is 426 g/mol. The second-order valence-electron chi connectivity index (χ2n) is 6.65. The van der Waals surface area contributed by atoms with Gasteiger partial charge in [-0.25, -0.2) is 8.42 Å². The van der Waals surface area contributed by atoms with E-state index in [1.807, 2.05) is 13.8 Å². The molecule has 28 heavy (non-hydrogen) atoms. The first kappa shape index (κ1) is 22.0. The predicted molar refractivity (Wildman–Crippen MR) is 106 cm³/mol. The molecule has 2 amide bonds. The maximum absolute atomic E-state index is 13.0. The van der Waals surface area contributed by atoms with Crippen LogP contribution in [0.1, 0.15) is 31.3 Å². The van der Waals surface area contributed by atoms with Crippen molar-refractivity contribution < 1.29 is 22.4 Å². The zero-order valence-electron chi connectivity index (χ0n) is 15.6. The Kier molecular flexibility index (Phi) is 7.65. The van der Waals surface area contributed by atoms with Crippen LogP contribution in [0.15, 0.2) is 52.0 Å². The van der Waals surface area contributed by atoms with Gasteiger partial charge in [0.25, 0.3) is 0 Å². The number of sulfone groups is 1. The van der Waals surface area contributed by atoms with Crippen LogP contribution in [0.2, 0.25) is 5.02 Å². The molecule has 9 heteroatoms. The van der Waals surface area contributed by atoms with Gasteiger partial charge in [0, 0.05) is 18.1 Å². The standard InChI is InChI=1S/C19H23ClN2O5S/c1-13(2)9-10-21-18(23)19(24)22-12-17(16-4-3-11-27-16)28(25,26)15-7-5-14(20)6-8-15/h3-8,11,13,17H,9-10,12H2,1-2H3,(H,21,23)(H,22,24)/t17-/m1/s1. The van der Waals surface area contributed by atoms with Crippen molar-refractivity contribution in [1.29, 1.82) is 0 Å². The van der Waals surface area contributed by atoms with Gasteiger partial charge in [0.2, 0.25) is 0 Å². The van der Waals surface area contributed by atoms with Crippen LogP contribution in [-0.4, -0.2) is 33.3 Å². The topological polar surface area (TPSA) is 105 Å². The van der Waals surface area contributed by atoms with Gasteiger partial charge in [-0.15, -0.1) is 0 Å². The van der Waals surface area contributed by atoms with Crippen molar-refractivity contribution in [2.45, 2.75) is 30.4 Å². The lowest BCUT2D eigenvalue weighted by Gasteiger charge is -2.16. The summed E-state index contributed by atoms with van der Waals surface area (Å²) in [7, 11) is -3.89. The number of furan rings is 1. The SMILES string of the molecule is CC(C)CCNC(=O)C(=O)NC[C@H](c1ccco1)S(=O)(=O)c1ccc(Cl)cc1. The highest BCUT2D eigenvalue weighted by Crippen LogP contribution is 2.29. The molecule has 1 atom stereocenters. The lowest BCUT2D eigenvalue weighted by molar-refractivity contribution is -0.139. The lowest BCUT2D eigenvalue weighted by atomic mass is 10.1. The smallest absolute Gasteiger partial charge is 0.309 e. The Morgan fingerprint density at radius 3 is 2.29 bits per heavy atom. The number of benzene rings is 1. The number of carbonyl (C=O) groups is 2. The molecule has 0 aliphatic rings. The summed E-state index contributed by atoms with van der Waals surface area (Å²) in [6.07, 6.45) is 2.08. The molecule has 2 N–H and O–H groups in total. The Balaban J connectivity index is 2.11. The van der Waals surface area contributed by atoms with Crippen LogP contribution >= 0.6 is 11.6 Å². The average molecular weight is 427 g/mol. The molecule has 0 spiro atoms. The molecule has 2 rings (SSSR count). The molecule has 0 radical (unpaired) electrons. The van der Waals surface area contributed by atoms with Gasteiger partial charge in [-0.3, -0.25) is 9.59 Å². The van der Waals surface area contributed by atoms with Crippen LogP contribution in [0.3, 0.4) is 0 Å². The Labute approximate surface area is 169 Å². The molecular formula is C19H23ClN2O5S. The predicted octanol–water partition coefficient (Wildman–Crippen LogP) is 2.73. The van der Waals surface area contributed by atoms with Gasteiger partial charge in [-0.2, -0.15) is 0 Å². The average Bonchev–Trinajstić information content (AvgIpc) is 3.15. The van der Waals surface area contributed by atoms with Gasteiger partial charge in [-0.1, -0.05) is 25.4 Å². The molecule has 0 saturated carbocycles. The van der Waals surface area contributed by atoms with Crippen molar-refractivity contribution in [3.8, 4) is 0 Å². The van der Waals surface area contributed by atoms with E-state index in [1.54, 1.807) is 6.07 Å². The summed E-state index contributed by atoms with van der Waals surface area (Å²) in [6.45, 7) is 4.06. The number of hydrogen-bond donors (Lipinski definition) is 2. The zero-order chi connectivity index (χ0) is 20.7. The Morgan fingerprint density at radius 2 is 1.71 bits per heavy atom. The molecule has 0 saturated heterocycles. The van der Waals surface area contributed by atoms with E-state index in [-0.39, 0.29) is 17.2 Å². The van der Waals surface area contributed by atoms with E-state index in [9.17, 15) is 18.0 Å². The van der Waals surface area contributed by atoms with E-state index in [2.05, 4.69) is 10.6 Å². The third-order valence-electron chi connectivity index (χ3n) is 4.04. The first-order valence-corrected chi connectivity index (χ1v) is 10.7. The van der Waals surface area contributed by atoms with Crippen LogP contribution in [0.4, 0.5) is 0 Å².